The van der Waals surface area contributed by atoms with E-state index in [2.05, 4.69) is 20.8 Å². The van der Waals surface area contributed by atoms with Crippen LogP contribution in [0, 0.1) is 6.92 Å². The first-order chi connectivity index (χ1) is 17.3. The van der Waals surface area contributed by atoms with Crippen LogP contribution in [0.4, 0.5) is 17.7 Å². The Labute approximate surface area is 214 Å². The molecule has 194 valence electrons. The Morgan fingerprint density at radius 3 is 2.24 bits per heavy atom. The van der Waals surface area contributed by atoms with Crippen LogP contribution in [-0.2, 0) is 24.6 Å². The van der Waals surface area contributed by atoms with E-state index in [9.17, 15) is 22.4 Å². The van der Waals surface area contributed by atoms with Crippen molar-refractivity contribution >= 4 is 16.8 Å². The molecule has 7 heteroatoms. The molecule has 1 aromatic heterocycles. The Morgan fingerprint density at radius 1 is 0.892 bits per heavy atom. The van der Waals surface area contributed by atoms with E-state index in [1.54, 1.807) is 29.2 Å². The maximum Gasteiger partial charge on any atom is 0.416 e. The van der Waals surface area contributed by atoms with Crippen LogP contribution in [0.25, 0.3) is 10.9 Å². The summed E-state index contributed by atoms with van der Waals surface area (Å²) in [6.45, 7) is 8.59. The summed E-state index contributed by atoms with van der Waals surface area (Å²) < 4.78 is 54.2. The number of carbonyl (C=O) groups excluding carboxylic acids is 1. The van der Waals surface area contributed by atoms with Crippen LogP contribution < -0.4 is 0 Å². The van der Waals surface area contributed by atoms with Crippen molar-refractivity contribution in [3.63, 3.8) is 0 Å². The molecule has 4 rings (SSSR count). The van der Waals surface area contributed by atoms with Crippen molar-refractivity contribution in [2.45, 2.75) is 52.3 Å². The zero-order valence-corrected chi connectivity index (χ0v) is 21.4. The van der Waals surface area contributed by atoms with Crippen molar-refractivity contribution in [2.75, 3.05) is 6.54 Å². The summed E-state index contributed by atoms with van der Waals surface area (Å²) in [4.78, 5) is 15.8. The number of aromatic nitrogens is 1. The summed E-state index contributed by atoms with van der Waals surface area (Å²) >= 11 is 0. The van der Waals surface area contributed by atoms with Crippen LogP contribution in [0.2, 0.25) is 0 Å². The third-order valence-corrected chi connectivity index (χ3v) is 6.52. The molecule has 0 fully saturated rings. The fourth-order valence-electron chi connectivity index (χ4n) is 4.48. The van der Waals surface area contributed by atoms with Gasteiger partial charge in [-0.25, -0.2) is 0 Å². The van der Waals surface area contributed by atoms with Crippen molar-refractivity contribution in [1.82, 2.24) is 9.69 Å². The predicted molar refractivity (Wildman–Crippen MR) is 138 cm³/mol. The lowest BCUT2D eigenvalue weighted by atomic mass is 9.87. The summed E-state index contributed by atoms with van der Waals surface area (Å²) in [7, 11) is 0. The molecule has 37 heavy (non-hydrogen) atoms. The maximum absolute atomic E-state index is 14.6. The highest BCUT2D eigenvalue weighted by Crippen LogP contribution is 2.30. The number of fused-ring (bicyclic) bond motifs is 1. The van der Waals surface area contributed by atoms with Gasteiger partial charge in [-0.15, -0.1) is 0 Å². The van der Waals surface area contributed by atoms with E-state index in [1.165, 1.54) is 12.3 Å². The number of amides is 1. The van der Waals surface area contributed by atoms with Gasteiger partial charge in [0.05, 0.1) is 16.6 Å². The number of rotatable bonds is 6. The number of benzene rings is 3. The second-order valence-corrected chi connectivity index (χ2v) is 10.5. The predicted octanol–water partition coefficient (Wildman–Crippen LogP) is 7.88. The number of nitrogens with zero attached hydrogens (tertiary/aromatic N) is 2. The Morgan fingerprint density at radius 2 is 1.59 bits per heavy atom. The van der Waals surface area contributed by atoms with Crippen LogP contribution >= 0.6 is 0 Å². The molecule has 0 atom stereocenters. The number of alkyl halides is 3. The van der Waals surface area contributed by atoms with Crippen LogP contribution in [0.1, 0.15) is 58.9 Å². The van der Waals surface area contributed by atoms with E-state index in [-0.39, 0.29) is 41.9 Å². The zero-order valence-electron chi connectivity index (χ0n) is 21.4. The molecule has 1 amide bonds. The highest BCUT2D eigenvalue weighted by molar-refractivity contribution is 6.06. The molecule has 0 saturated carbocycles. The number of carbonyl (C=O) groups is 1. The highest BCUT2D eigenvalue weighted by Gasteiger charge is 2.30. The molecular weight excluding hydrogens is 480 g/mol. The summed E-state index contributed by atoms with van der Waals surface area (Å²) in [5.41, 5.74) is 2.96. The van der Waals surface area contributed by atoms with Gasteiger partial charge in [-0.3, -0.25) is 4.79 Å². The standard InChI is InChI=1S/C30H30F4N2O/c1-20-16-23-13-15-36(34)27(23)26(17-20)28(37)35(19-22-8-10-24(11-9-22)29(2,3)4)14-12-21-6-5-7-25(18-21)30(31,32)33/h5-11,13,15-18H,12,14,19H2,1-4H3. The largest absolute Gasteiger partial charge is 0.416 e. The minimum absolute atomic E-state index is 0.0305. The number of aryl methyl sites for hydroxylation is 1. The van der Waals surface area contributed by atoms with Gasteiger partial charge in [0.15, 0.2) is 0 Å². The van der Waals surface area contributed by atoms with Crippen LogP contribution in [0.3, 0.4) is 0 Å². The van der Waals surface area contributed by atoms with E-state index in [1.807, 2.05) is 31.2 Å². The van der Waals surface area contributed by atoms with Crippen molar-refractivity contribution in [2.24, 2.45) is 0 Å². The average Bonchev–Trinajstić information content (AvgIpc) is 3.20. The second-order valence-electron chi connectivity index (χ2n) is 10.5. The quantitative estimate of drug-likeness (QED) is 0.242. The summed E-state index contributed by atoms with van der Waals surface area (Å²) in [5.74, 6) is -0.377. The lowest BCUT2D eigenvalue weighted by molar-refractivity contribution is -0.137. The Balaban J connectivity index is 1.67. The van der Waals surface area contributed by atoms with Crippen LogP contribution in [0.15, 0.2) is 72.9 Å². The first-order valence-corrected chi connectivity index (χ1v) is 12.2. The van der Waals surface area contributed by atoms with Crippen LogP contribution in [0.5, 0.6) is 0 Å². The third-order valence-electron chi connectivity index (χ3n) is 6.52. The smallest absolute Gasteiger partial charge is 0.334 e. The number of hydrogen-bond donors (Lipinski definition) is 0. The van der Waals surface area contributed by atoms with Gasteiger partial charge >= 0.3 is 6.18 Å². The zero-order chi connectivity index (χ0) is 27.0. The highest BCUT2D eigenvalue weighted by atomic mass is 19.4. The summed E-state index contributed by atoms with van der Waals surface area (Å²) in [6, 6.07) is 18.1. The SMILES string of the molecule is Cc1cc(C(=O)N(CCc2cccc(C(F)(F)F)c2)Cc2ccc(C(C)(C)C)cc2)c2c(ccn2F)c1. The monoisotopic (exact) mass is 510 g/mol. The first kappa shape index (κ1) is 26.5. The molecule has 0 aliphatic carbocycles. The second kappa shape index (κ2) is 10.0. The van der Waals surface area contributed by atoms with Crippen molar-refractivity contribution in [3.8, 4) is 0 Å². The van der Waals surface area contributed by atoms with Gasteiger partial charge in [-0.1, -0.05) is 67.7 Å². The molecule has 0 radical (unpaired) electrons. The van der Waals surface area contributed by atoms with Gasteiger partial charge in [0.25, 0.3) is 5.91 Å². The fraction of sp³-hybridized carbons (Fsp3) is 0.300. The first-order valence-electron chi connectivity index (χ1n) is 12.2. The Hall–Kier alpha value is -3.61. The summed E-state index contributed by atoms with van der Waals surface area (Å²) in [6.07, 6.45) is -2.96. The van der Waals surface area contributed by atoms with Crippen molar-refractivity contribution in [1.29, 1.82) is 0 Å². The molecule has 0 aliphatic rings. The minimum atomic E-state index is -4.44. The van der Waals surface area contributed by atoms with E-state index < -0.39 is 11.7 Å². The molecule has 0 spiro atoms. The molecule has 0 aliphatic heterocycles. The fourth-order valence-corrected chi connectivity index (χ4v) is 4.48. The number of halogens is 4. The van der Waals surface area contributed by atoms with E-state index >= 15 is 0 Å². The topological polar surface area (TPSA) is 25.2 Å². The van der Waals surface area contributed by atoms with E-state index in [4.69, 9.17) is 0 Å². The lowest BCUT2D eigenvalue weighted by Crippen LogP contribution is -2.33. The van der Waals surface area contributed by atoms with E-state index in [0.717, 1.165) is 28.8 Å². The molecule has 0 unspecified atom stereocenters. The van der Waals surface area contributed by atoms with Gasteiger partial charge in [-0.05, 0) is 65.3 Å². The van der Waals surface area contributed by atoms with Gasteiger partial charge in [-0.2, -0.15) is 18.0 Å². The van der Waals surface area contributed by atoms with Gasteiger partial charge in [0.1, 0.15) is 0 Å². The third kappa shape index (κ3) is 6.04. The van der Waals surface area contributed by atoms with Gasteiger partial charge in [0.2, 0.25) is 0 Å². The Kier molecular flexibility index (Phi) is 7.18. The molecule has 4 aromatic rings. The molecule has 0 saturated heterocycles. The molecular formula is C30H30F4N2O. The van der Waals surface area contributed by atoms with E-state index in [0.29, 0.717) is 15.7 Å². The van der Waals surface area contributed by atoms with Gasteiger partial charge < -0.3 is 4.90 Å². The normalized spacial score (nSPS) is 12.2. The lowest BCUT2D eigenvalue weighted by Gasteiger charge is -2.25. The molecule has 3 nitrogen and oxygen atoms in total. The van der Waals surface area contributed by atoms with Crippen molar-refractivity contribution in [3.05, 3.63) is 106 Å². The van der Waals surface area contributed by atoms with Crippen molar-refractivity contribution < 1.29 is 22.4 Å². The molecule has 3 aromatic carbocycles. The molecule has 1 heterocycles. The minimum Gasteiger partial charge on any atom is -0.334 e. The van der Waals surface area contributed by atoms with Crippen LogP contribution in [-0.4, -0.2) is 22.1 Å². The maximum atomic E-state index is 14.6. The summed E-state index contributed by atoms with van der Waals surface area (Å²) in [5, 5.41) is 0.609. The van der Waals surface area contributed by atoms with Gasteiger partial charge in [0, 0.05) is 24.7 Å². The molecule has 0 N–H and O–H groups in total. The average molecular weight is 511 g/mol. The Bertz CT molecular complexity index is 1410. The molecule has 0 bridgehead atoms. The number of hydrogen-bond acceptors (Lipinski definition) is 1.